The number of anilines is 1. The Morgan fingerprint density at radius 3 is 2.38 bits per heavy atom. The first-order valence-electron chi connectivity index (χ1n) is 5.72. The van der Waals surface area contributed by atoms with Crippen molar-refractivity contribution in [2.45, 2.75) is 4.90 Å². The van der Waals surface area contributed by atoms with Crippen LogP contribution in [0.2, 0.25) is 0 Å². The van der Waals surface area contributed by atoms with Crippen LogP contribution in [-0.4, -0.2) is 14.3 Å². The Morgan fingerprint density at radius 2 is 1.76 bits per heavy atom. The van der Waals surface area contributed by atoms with Crippen molar-refractivity contribution in [2.75, 3.05) is 4.72 Å². The predicted octanol–water partition coefficient (Wildman–Crippen LogP) is 2.05. The van der Waals surface area contributed by atoms with Crippen molar-refractivity contribution in [2.24, 2.45) is 5.73 Å². The number of amidine groups is 1. The van der Waals surface area contributed by atoms with E-state index in [2.05, 4.69) is 4.72 Å². The van der Waals surface area contributed by atoms with Crippen LogP contribution in [-0.2, 0) is 10.0 Å². The van der Waals surface area contributed by atoms with Gasteiger partial charge in [0.15, 0.2) is 11.6 Å². The lowest BCUT2D eigenvalue weighted by Gasteiger charge is -2.11. The van der Waals surface area contributed by atoms with Gasteiger partial charge in [-0.1, -0.05) is 12.1 Å². The van der Waals surface area contributed by atoms with Gasteiger partial charge in [-0.15, -0.1) is 0 Å². The van der Waals surface area contributed by atoms with Crippen molar-refractivity contribution in [3.05, 3.63) is 59.7 Å². The van der Waals surface area contributed by atoms with Crippen LogP contribution in [0.4, 0.5) is 14.5 Å². The standard InChI is InChI=1S/C13H11F2N3O2S/c14-10-6-5-8(7-11(10)15)21(19,20)18-12-4-2-1-3-9(12)13(16)17/h1-7,18H,(H3,16,17). The molecule has 0 aliphatic rings. The summed E-state index contributed by atoms with van der Waals surface area (Å²) in [5.41, 5.74) is 5.62. The second-order valence-corrected chi connectivity index (χ2v) is 5.82. The molecule has 0 bridgehead atoms. The molecular formula is C13H11F2N3O2S. The minimum Gasteiger partial charge on any atom is -0.384 e. The summed E-state index contributed by atoms with van der Waals surface area (Å²) >= 11 is 0. The molecule has 0 fully saturated rings. The summed E-state index contributed by atoms with van der Waals surface area (Å²) in [6.07, 6.45) is 0. The van der Waals surface area contributed by atoms with Gasteiger partial charge in [-0.05, 0) is 30.3 Å². The van der Waals surface area contributed by atoms with Crippen molar-refractivity contribution < 1.29 is 17.2 Å². The highest BCUT2D eigenvalue weighted by Gasteiger charge is 2.18. The van der Waals surface area contributed by atoms with Crippen molar-refractivity contribution >= 4 is 21.5 Å². The summed E-state index contributed by atoms with van der Waals surface area (Å²) in [6.45, 7) is 0. The maximum Gasteiger partial charge on any atom is 0.262 e. The highest BCUT2D eigenvalue weighted by molar-refractivity contribution is 7.92. The smallest absolute Gasteiger partial charge is 0.262 e. The molecule has 5 nitrogen and oxygen atoms in total. The molecule has 2 aromatic carbocycles. The molecule has 0 atom stereocenters. The van der Waals surface area contributed by atoms with Gasteiger partial charge >= 0.3 is 0 Å². The first-order chi connectivity index (χ1) is 9.81. The molecular weight excluding hydrogens is 300 g/mol. The number of hydrogen-bond donors (Lipinski definition) is 3. The second kappa shape index (κ2) is 5.49. The molecule has 0 aromatic heterocycles. The zero-order valence-corrected chi connectivity index (χ0v) is 11.4. The van der Waals surface area contributed by atoms with Crippen LogP contribution in [0.3, 0.4) is 0 Å². The van der Waals surface area contributed by atoms with Gasteiger partial charge < -0.3 is 5.73 Å². The number of sulfonamides is 1. The average Bonchev–Trinajstić information content (AvgIpc) is 2.41. The van der Waals surface area contributed by atoms with Gasteiger partial charge in [-0.3, -0.25) is 10.1 Å². The minimum absolute atomic E-state index is 0.0785. The van der Waals surface area contributed by atoms with Gasteiger partial charge in [0.2, 0.25) is 0 Å². The van der Waals surface area contributed by atoms with Gasteiger partial charge in [0.05, 0.1) is 10.6 Å². The van der Waals surface area contributed by atoms with Crippen LogP contribution in [0.1, 0.15) is 5.56 Å². The summed E-state index contributed by atoms with van der Waals surface area (Å²) in [5.74, 6) is -2.73. The van der Waals surface area contributed by atoms with Crippen LogP contribution in [0.15, 0.2) is 47.4 Å². The first kappa shape index (κ1) is 14.9. The Balaban J connectivity index is 2.42. The largest absolute Gasteiger partial charge is 0.384 e. The third-order valence-corrected chi connectivity index (χ3v) is 4.03. The molecule has 21 heavy (non-hydrogen) atoms. The lowest BCUT2D eigenvalue weighted by molar-refractivity contribution is 0.504. The lowest BCUT2D eigenvalue weighted by atomic mass is 10.2. The van der Waals surface area contributed by atoms with Gasteiger partial charge in [0.1, 0.15) is 5.84 Å². The SMILES string of the molecule is N=C(N)c1ccccc1NS(=O)(=O)c1ccc(F)c(F)c1. The van der Waals surface area contributed by atoms with E-state index in [0.717, 1.165) is 12.1 Å². The minimum atomic E-state index is -4.12. The Kier molecular flexibility index (Phi) is 3.90. The second-order valence-electron chi connectivity index (χ2n) is 4.14. The maximum absolute atomic E-state index is 13.1. The first-order valence-corrected chi connectivity index (χ1v) is 7.21. The molecule has 2 rings (SSSR count). The zero-order valence-electron chi connectivity index (χ0n) is 10.6. The van der Waals surface area contributed by atoms with Gasteiger partial charge in [0.25, 0.3) is 10.0 Å². The molecule has 4 N–H and O–H groups in total. The van der Waals surface area contributed by atoms with E-state index in [1.807, 2.05) is 0 Å². The number of nitrogens with one attached hydrogen (secondary N) is 2. The van der Waals surface area contributed by atoms with Crippen LogP contribution in [0.25, 0.3) is 0 Å². The molecule has 8 heteroatoms. The summed E-state index contributed by atoms with van der Waals surface area (Å²) in [4.78, 5) is -0.431. The normalized spacial score (nSPS) is 11.1. The van der Waals surface area contributed by atoms with Crippen molar-refractivity contribution in [3.63, 3.8) is 0 Å². The van der Waals surface area contributed by atoms with E-state index >= 15 is 0 Å². The number of nitrogen functional groups attached to an aromatic ring is 1. The number of halogens is 2. The van der Waals surface area contributed by atoms with E-state index in [4.69, 9.17) is 11.1 Å². The zero-order chi connectivity index (χ0) is 15.6. The van der Waals surface area contributed by atoms with Gasteiger partial charge in [-0.2, -0.15) is 0 Å². The molecule has 0 amide bonds. The fourth-order valence-corrected chi connectivity index (χ4v) is 2.75. The third kappa shape index (κ3) is 3.16. The summed E-state index contributed by atoms with van der Waals surface area (Å²) in [7, 11) is -4.12. The number of nitrogens with two attached hydrogens (primary N) is 1. The molecule has 0 aliphatic heterocycles. The molecule has 0 spiro atoms. The Labute approximate surface area is 120 Å². The molecule has 110 valence electrons. The predicted molar refractivity (Wildman–Crippen MR) is 74.6 cm³/mol. The van der Waals surface area contributed by atoms with E-state index in [0.29, 0.717) is 6.07 Å². The molecule has 0 unspecified atom stereocenters. The highest BCUT2D eigenvalue weighted by Crippen LogP contribution is 2.21. The van der Waals surface area contributed by atoms with Crippen molar-refractivity contribution in [1.29, 1.82) is 5.41 Å². The van der Waals surface area contributed by atoms with Crippen LogP contribution in [0.5, 0.6) is 0 Å². The van der Waals surface area contributed by atoms with Crippen LogP contribution in [0, 0.1) is 17.0 Å². The fourth-order valence-electron chi connectivity index (χ4n) is 1.65. The molecule has 0 saturated carbocycles. The molecule has 0 heterocycles. The lowest BCUT2D eigenvalue weighted by Crippen LogP contribution is -2.18. The monoisotopic (exact) mass is 311 g/mol. The van der Waals surface area contributed by atoms with Crippen LogP contribution >= 0.6 is 0 Å². The highest BCUT2D eigenvalue weighted by atomic mass is 32.2. The van der Waals surface area contributed by atoms with E-state index in [1.54, 1.807) is 12.1 Å². The average molecular weight is 311 g/mol. The Hall–Kier alpha value is -2.48. The van der Waals surface area contributed by atoms with Gasteiger partial charge in [0, 0.05) is 5.56 Å². The Morgan fingerprint density at radius 1 is 1.10 bits per heavy atom. The van der Waals surface area contributed by atoms with Crippen molar-refractivity contribution in [1.82, 2.24) is 0 Å². The number of para-hydroxylation sites is 1. The molecule has 2 aromatic rings. The molecule has 0 saturated heterocycles. The van der Waals surface area contributed by atoms with E-state index in [-0.39, 0.29) is 17.1 Å². The van der Waals surface area contributed by atoms with E-state index in [1.165, 1.54) is 12.1 Å². The van der Waals surface area contributed by atoms with Crippen LogP contribution < -0.4 is 10.5 Å². The number of rotatable bonds is 4. The fraction of sp³-hybridized carbons (Fsp3) is 0. The number of hydrogen-bond acceptors (Lipinski definition) is 3. The third-order valence-electron chi connectivity index (χ3n) is 2.66. The van der Waals surface area contributed by atoms with E-state index in [9.17, 15) is 17.2 Å². The summed E-state index contributed by atoms with van der Waals surface area (Å²) in [6, 6.07) is 8.26. The summed E-state index contributed by atoms with van der Waals surface area (Å²) < 4.78 is 52.4. The van der Waals surface area contributed by atoms with Crippen molar-refractivity contribution in [3.8, 4) is 0 Å². The maximum atomic E-state index is 13.1. The quantitative estimate of drug-likeness (QED) is 0.595. The van der Waals surface area contributed by atoms with Gasteiger partial charge in [-0.25, -0.2) is 17.2 Å². The molecule has 0 radical (unpaired) electrons. The molecule has 0 aliphatic carbocycles. The van der Waals surface area contributed by atoms with E-state index < -0.39 is 26.6 Å². The Bertz CT molecular complexity index is 807. The topological polar surface area (TPSA) is 96.0 Å². The number of benzene rings is 2. The summed E-state index contributed by atoms with van der Waals surface area (Å²) in [5, 5.41) is 7.38.